The third-order valence-corrected chi connectivity index (χ3v) is 5.22. The van der Waals surface area contributed by atoms with E-state index < -0.39 is 22.0 Å². The summed E-state index contributed by atoms with van der Waals surface area (Å²) in [6.07, 6.45) is 0. The van der Waals surface area contributed by atoms with Crippen LogP contribution in [0.25, 0.3) is 0 Å². The van der Waals surface area contributed by atoms with Crippen LogP contribution in [0.2, 0.25) is 0 Å². The summed E-state index contributed by atoms with van der Waals surface area (Å²) in [7, 11) is -2.25. The van der Waals surface area contributed by atoms with Crippen molar-refractivity contribution in [3.8, 4) is 0 Å². The first kappa shape index (κ1) is 18.1. The Kier molecular flexibility index (Phi) is 6.79. The van der Waals surface area contributed by atoms with Gasteiger partial charge in [0.1, 0.15) is 0 Å². The number of aryl methyl sites for hydroxylation is 1. The van der Waals surface area contributed by atoms with Gasteiger partial charge in [0.25, 0.3) is 0 Å². The molecule has 21 heavy (non-hydrogen) atoms. The van der Waals surface area contributed by atoms with Crippen LogP contribution in [-0.2, 0) is 19.6 Å². The van der Waals surface area contributed by atoms with E-state index in [1.54, 1.807) is 12.1 Å². The average molecular weight is 379 g/mol. The number of halogens is 1. The van der Waals surface area contributed by atoms with Crippen molar-refractivity contribution in [1.82, 2.24) is 10.0 Å². The van der Waals surface area contributed by atoms with E-state index >= 15 is 0 Å². The van der Waals surface area contributed by atoms with Gasteiger partial charge in [-0.25, -0.2) is 8.42 Å². The number of hydrogen-bond donors (Lipinski definition) is 2. The van der Waals surface area contributed by atoms with Crippen molar-refractivity contribution < 1.29 is 17.9 Å². The number of benzene rings is 1. The summed E-state index contributed by atoms with van der Waals surface area (Å²) in [5.41, 5.74) is 0.936. The van der Waals surface area contributed by atoms with Crippen LogP contribution in [0.15, 0.2) is 27.6 Å². The Labute approximate surface area is 133 Å². The Morgan fingerprint density at radius 2 is 2.10 bits per heavy atom. The molecule has 6 nitrogen and oxygen atoms in total. The molecule has 0 aliphatic heterocycles. The quantitative estimate of drug-likeness (QED) is 0.697. The van der Waals surface area contributed by atoms with E-state index in [1.807, 2.05) is 6.92 Å². The van der Waals surface area contributed by atoms with Crippen molar-refractivity contribution in [3.63, 3.8) is 0 Å². The van der Waals surface area contributed by atoms with Crippen molar-refractivity contribution in [1.29, 1.82) is 0 Å². The molecular weight excluding hydrogens is 360 g/mol. The highest BCUT2D eigenvalue weighted by Gasteiger charge is 2.23. The van der Waals surface area contributed by atoms with E-state index in [2.05, 4.69) is 26.0 Å². The van der Waals surface area contributed by atoms with E-state index in [0.717, 1.165) is 5.56 Å². The molecule has 0 spiro atoms. The normalized spacial score (nSPS) is 13.0. The van der Waals surface area contributed by atoms with E-state index in [9.17, 15) is 13.2 Å². The van der Waals surface area contributed by atoms with Gasteiger partial charge in [-0.1, -0.05) is 6.07 Å². The monoisotopic (exact) mass is 378 g/mol. The van der Waals surface area contributed by atoms with Gasteiger partial charge in [-0.2, -0.15) is 4.72 Å². The van der Waals surface area contributed by atoms with Crippen molar-refractivity contribution in [2.75, 3.05) is 20.3 Å². The largest absolute Gasteiger partial charge is 0.383 e. The fourth-order valence-electron chi connectivity index (χ4n) is 1.60. The van der Waals surface area contributed by atoms with Crippen LogP contribution in [0.4, 0.5) is 0 Å². The van der Waals surface area contributed by atoms with Gasteiger partial charge >= 0.3 is 0 Å². The highest BCUT2D eigenvalue weighted by molar-refractivity contribution is 9.10. The maximum Gasteiger partial charge on any atom is 0.242 e. The van der Waals surface area contributed by atoms with Gasteiger partial charge in [0.05, 0.1) is 17.5 Å². The fraction of sp³-hybridized carbons (Fsp3) is 0.462. The maximum atomic E-state index is 12.3. The van der Waals surface area contributed by atoms with Crippen LogP contribution < -0.4 is 10.0 Å². The molecule has 0 aliphatic carbocycles. The fourth-order valence-corrected chi connectivity index (χ4v) is 4.00. The molecule has 2 N–H and O–H groups in total. The second kappa shape index (κ2) is 7.88. The number of rotatable bonds is 7. The van der Waals surface area contributed by atoms with Gasteiger partial charge in [0.15, 0.2) is 0 Å². The van der Waals surface area contributed by atoms with Gasteiger partial charge in [0.2, 0.25) is 15.9 Å². The standard InChI is InChI=1S/C13H19BrN2O4S/c1-9-4-5-12(11(14)8-9)21(18,19)16-10(2)13(17)15-6-7-20-3/h4-5,8,10,16H,6-7H2,1-3H3,(H,15,17). The van der Waals surface area contributed by atoms with Crippen molar-refractivity contribution >= 4 is 31.9 Å². The Bertz CT molecular complexity index is 604. The molecule has 1 amide bonds. The molecule has 0 heterocycles. The summed E-state index contributed by atoms with van der Waals surface area (Å²) in [6.45, 7) is 4.05. The lowest BCUT2D eigenvalue weighted by Crippen LogP contribution is -2.45. The van der Waals surface area contributed by atoms with Crippen LogP contribution in [-0.4, -0.2) is 40.6 Å². The number of sulfonamides is 1. The zero-order chi connectivity index (χ0) is 16.0. The molecule has 0 fully saturated rings. The molecule has 0 bridgehead atoms. The van der Waals surface area contributed by atoms with Gasteiger partial charge < -0.3 is 10.1 Å². The second-order valence-corrected chi connectivity index (χ2v) is 7.10. The van der Waals surface area contributed by atoms with Gasteiger partial charge in [0, 0.05) is 18.1 Å². The Morgan fingerprint density at radius 1 is 1.43 bits per heavy atom. The predicted molar refractivity (Wildman–Crippen MR) is 83.5 cm³/mol. The summed E-state index contributed by atoms with van der Waals surface area (Å²) in [5.74, 6) is -0.404. The first-order chi connectivity index (χ1) is 9.77. The summed E-state index contributed by atoms with van der Waals surface area (Å²) in [5, 5.41) is 2.58. The molecule has 1 atom stereocenters. The zero-order valence-corrected chi connectivity index (χ0v) is 14.5. The molecule has 0 saturated carbocycles. The topological polar surface area (TPSA) is 84.5 Å². The molecule has 118 valence electrons. The van der Waals surface area contributed by atoms with Crippen molar-refractivity contribution in [2.24, 2.45) is 0 Å². The molecule has 0 radical (unpaired) electrons. The number of amides is 1. The second-order valence-electron chi connectivity index (χ2n) is 4.56. The molecule has 1 rings (SSSR count). The third kappa shape index (κ3) is 5.39. The lowest BCUT2D eigenvalue weighted by atomic mass is 10.2. The lowest BCUT2D eigenvalue weighted by molar-refractivity contribution is -0.122. The minimum absolute atomic E-state index is 0.102. The van der Waals surface area contributed by atoms with Crippen LogP contribution in [0.3, 0.4) is 0 Å². The van der Waals surface area contributed by atoms with Crippen molar-refractivity contribution in [3.05, 3.63) is 28.2 Å². The molecule has 0 aromatic heterocycles. The molecule has 8 heteroatoms. The molecule has 0 aliphatic rings. The summed E-state index contributed by atoms with van der Waals surface area (Å²) in [4.78, 5) is 11.9. The number of carbonyl (C=O) groups excluding carboxylic acids is 1. The highest BCUT2D eigenvalue weighted by Crippen LogP contribution is 2.23. The molecule has 1 aromatic carbocycles. The average Bonchev–Trinajstić information content (AvgIpc) is 2.37. The van der Waals surface area contributed by atoms with Gasteiger partial charge in [-0.3, -0.25) is 4.79 Å². The SMILES string of the molecule is COCCNC(=O)C(C)NS(=O)(=O)c1ccc(C)cc1Br. The molecular formula is C13H19BrN2O4S. The lowest BCUT2D eigenvalue weighted by Gasteiger charge is -2.15. The Morgan fingerprint density at radius 3 is 2.67 bits per heavy atom. The molecule has 1 aromatic rings. The number of ether oxygens (including phenoxy) is 1. The number of carbonyl (C=O) groups is 1. The summed E-state index contributed by atoms with van der Waals surface area (Å²) in [6, 6.07) is 4.03. The third-order valence-electron chi connectivity index (χ3n) is 2.71. The number of hydrogen-bond acceptors (Lipinski definition) is 4. The van der Waals surface area contributed by atoms with Crippen LogP contribution in [0, 0.1) is 6.92 Å². The zero-order valence-electron chi connectivity index (χ0n) is 12.1. The maximum absolute atomic E-state index is 12.3. The van der Waals surface area contributed by atoms with E-state index in [-0.39, 0.29) is 4.90 Å². The highest BCUT2D eigenvalue weighted by atomic mass is 79.9. The van der Waals surface area contributed by atoms with Crippen LogP contribution >= 0.6 is 15.9 Å². The smallest absolute Gasteiger partial charge is 0.242 e. The van der Waals surface area contributed by atoms with E-state index in [4.69, 9.17) is 4.74 Å². The van der Waals surface area contributed by atoms with E-state index in [0.29, 0.717) is 17.6 Å². The number of nitrogens with one attached hydrogen (secondary N) is 2. The first-order valence-electron chi connectivity index (χ1n) is 6.33. The van der Waals surface area contributed by atoms with Gasteiger partial charge in [-0.05, 0) is 47.5 Å². The van der Waals surface area contributed by atoms with Crippen LogP contribution in [0.5, 0.6) is 0 Å². The van der Waals surface area contributed by atoms with Crippen LogP contribution in [0.1, 0.15) is 12.5 Å². The minimum atomic E-state index is -3.77. The minimum Gasteiger partial charge on any atom is -0.383 e. The molecule has 0 saturated heterocycles. The summed E-state index contributed by atoms with van der Waals surface area (Å²) < 4.78 is 32.1. The number of methoxy groups -OCH3 is 1. The van der Waals surface area contributed by atoms with Crippen molar-refractivity contribution in [2.45, 2.75) is 24.8 Å². The van der Waals surface area contributed by atoms with E-state index in [1.165, 1.54) is 20.1 Å². The first-order valence-corrected chi connectivity index (χ1v) is 8.60. The van der Waals surface area contributed by atoms with Gasteiger partial charge in [-0.15, -0.1) is 0 Å². The Balaban J connectivity index is 2.78. The summed E-state index contributed by atoms with van der Waals surface area (Å²) >= 11 is 3.22. The molecule has 1 unspecified atom stereocenters. The predicted octanol–water partition coefficient (Wildman–Crippen LogP) is 1.19. The Hall–Kier alpha value is -0.960.